The lowest BCUT2D eigenvalue weighted by Crippen LogP contribution is -2.24. The van der Waals surface area contributed by atoms with Crippen LogP contribution >= 0.6 is 11.8 Å². The molecule has 1 aromatic heterocycles. The molecule has 0 atom stereocenters. The Morgan fingerprint density at radius 1 is 1.07 bits per heavy atom. The van der Waals surface area contributed by atoms with Crippen LogP contribution in [0.5, 0.6) is 0 Å². The fraction of sp³-hybridized carbons (Fsp3) is 0.100. The number of carbonyl (C=O) groups is 1. The Balaban J connectivity index is 2.10. The average Bonchev–Trinajstić information content (AvgIpc) is 2.68. The number of hydrogen-bond acceptors (Lipinski definition) is 4. The normalized spacial score (nSPS) is 10.9. The van der Waals surface area contributed by atoms with E-state index in [9.17, 15) is 9.59 Å². The van der Waals surface area contributed by atoms with E-state index in [1.807, 2.05) is 48.5 Å². The summed E-state index contributed by atoms with van der Waals surface area (Å²) < 4.78 is 1.22. The zero-order valence-electron chi connectivity index (χ0n) is 14.9. The molecule has 1 amide bonds. The Labute approximate surface area is 161 Å². The minimum Gasteiger partial charge on any atom is -0.369 e. The van der Waals surface area contributed by atoms with Crippen LogP contribution in [-0.2, 0) is 0 Å². The summed E-state index contributed by atoms with van der Waals surface area (Å²) in [7, 11) is 3.55. The first-order chi connectivity index (χ1) is 13.0. The summed E-state index contributed by atoms with van der Waals surface area (Å²) in [4.78, 5) is 32.2. The summed E-state index contributed by atoms with van der Waals surface area (Å²) in [6.07, 6.45) is 1.42. The largest absolute Gasteiger partial charge is 0.369 e. The van der Waals surface area contributed by atoms with Crippen molar-refractivity contribution in [3.8, 4) is 5.69 Å². The molecule has 27 heavy (non-hydrogen) atoms. The third-order valence-corrected chi connectivity index (χ3v) is 4.52. The molecule has 2 aromatic carbocycles. The second-order valence-electron chi connectivity index (χ2n) is 5.87. The monoisotopic (exact) mass is 378 g/mol. The Hall–Kier alpha value is -3.19. The van der Waals surface area contributed by atoms with Gasteiger partial charge in [-0.3, -0.25) is 9.59 Å². The number of para-hydroxylation sites is 1. The molecule has 0 fully saturated rings. The van der Waals surface area contributed by atoms with Crippen molar-refractivity contribution in [2.45, 2.75) is 9.79 Å². The summed E-state index contributed by atoms with van der Waals surface area (Å²) in [6, 6.07) is 19.9. The predicted molar refractivity (Wildman–Crippen MR) is 107 cm³/mol. The maximum atomic E-state index is 12.6. The van der Waals surface area contributed by atoms with Crippen molar-refractivity contribution in [2.24, 2.45) is 4.99 Å². The lowest BCUT2D eigenvalue weighted by atomic mass is 10.3. The number of hydrogen-bond donors (Lipinski definition) is 0. The third kappa shape index (κ3) is 4.71. The molecular formula is C20H18N4O2S. The predicted octanol–water partition coefficient (Wildman–Crippen LogP) is 3.11. The number of carbonyl (C=O) groups excluding carboxylic acids is 1. The second kappa shape index (κ2) is 8.46. The molecule has 3 rings (SSSR count). The van der Waals surface area contributed by atoms with Gasteiger partial charge in [-0.05, 0) is 24.3 Å². The van der Waals surface area contributed by atoms with Crippen LogP contribution in [0.15, 0.2) is 86.3 Å². The maximum Gasteiger partial charge on any atom is 0.299 e. The fourth-order valence-electron chi connectivity index (χ4n) is 2.26. The number of rotatable bonds is 5. The van der Waals surface area contributed by atoms with Crippen molar-refractivity contribution in [3.05, 3.63) is 82.8 Å². The minimum atomic E-state index is -0.508. The molecule has 0 bridgehead atoms. The highest BCUT2D eigenvalue weighted by atomic mass is 32.2. The van der Waals surface area contributed by atoms with E-state index in [4.69, 9.17) is 0 Å². The molecule has 1 heterocycles. The number of aliphatic imine (C=N–C) groups is 1. The van der Waals surface area contributed by atoms with Crippen molar-refractivity contribution in [1.82, 2.24) is 14.7 Å². The zero-order chi connectivity index (χ0) is 19.2. The van der Waals surface area contributed by atoms with Gasteiger partial charge in [0.15, 0.2) is 5.69 Å². The van der Waals surface area contributed by atoms with Gasteiger partial charge in [0.25, 0.3) is 11.5 Å². The molecular weight excluding hydrogens is 360 g/mol. The van der Waals surface area contributed by atoms with Crippen LogP contribution in [0.25, 0.3) is 5.69 Å². The van der Waals surface area contributed by atoms with Crippen LogP contribution in [0, 0.1) is 0 Å². The van der Waals surface area contributed by atoms with Crippen molar-refractivity contribution in [1.29, 1.82) is 0 Å². The number of amides is 1. The van der Waals surface area contributed by atoms with Crippen LogP contribution in [0.3, 0.4) is 0 Å². The van der Waals surface area contributed by atoms with E-state index in [0.717, 1.165) is 4.90 Å². The quantitative estimate of drug-likeness (QED) is 0.504. The molecule has 0 aliphatic rings. The topological polar surface area (TPSA) is 67.6 Å². The molecule has 3 aromatic rings. The molecule has 0 N–H and O–H groups in total. The molecule has 0 spiro atoms. The summed E-state index contributed by atoms with van der Waals surface area (Å²) in [5.41, 5.74) is 0.405. The lowest BCUT2D eigenvalue weighted by molar-refractivity contribution is 0.0992. The van der Waals surface area contributed by atoms with Gasteiger partial charge in [0.2, 0.25) is 0 Å². The van der Waals surface area contributed by atoms with Crippen LogP contribution < -0.4 is 5.56 Å². The SMILES string of the molecule is CN(C)/C=N/C(=O)c1nn(-c2ccccc2)c(=O)cc1Sc1ccccc1. The first-order valence-electron chi connectivity index (χ1n) is 8.22. The van der Waals surface area contributed by atoms with Gasteiger partial charge in [0, 0.05) is 25.1 Å². The van der Waals surface area contributed by atoms with E-state index in [1.54, 1.807) is 31.1 Å². The molecule has 0 aliphatic carbocycles. The highest BCUT2D eigenvalue weighted by Crippen LogP contribution is 2.29. The van der Waals surface area contributed by atoms with E-state index < -0.39 is 5.91 Å². The van der Waals surface area contributed by atoms with E-state index in [2.05, 4.69) is 10.1 Å². The van der Waals surface area contributed by atoms with Gasteiger partial charge >= 0.3 is 0 Å². The van der Waals surface area contributed by atoms with Crippen LogP contribution in [0.4, 0.5) is 0 Å². The average molecular weight is 378 g/mol. The molecule has 0 saturated carbocycles. The van der Waals surface area contributed by atoms with Gasteiger partial charge in [-0.1, -0.05) is 48.2 Å². The van der Waals surface area contributed by atoms with E-state index in [0.29, 0.717) is 10.6 Å². The highest BCUT2D eigenvalue weighted by molar-refractivity contribution is 7.99. The van der Waals surface area contributed by atoms with Crippen LogP contribution in [0.1, 0.15) is 10.5 Å². The third-order valence-electron chi connectivity index (χ3n) is 3.48. The van der Waals surface area contributed by atoms with Crippen molar-refractivity contribution in [3.63, 3.8) is 0 Å². The van der Waals surface area contributed by atoms with Gasteiger partial charge < -0.3 is 4.90 Å². The summed E-state index contributed by atoms with van der Waals surface area (Å²) in [5, 5.41) is 4.32. The smallest absolute Gasteiger partial charge is 0.299 e. The number of nitrogens with zero attached hydrogens (tertiary/aromatic N) is 4. The van der Waals surface area contributed by atoms with Gasteiger partial charge in [-0.25, -0.2) is 0 Å². The van der Waals surface area contributed by atoms with Crippen molar-refractivity contribution < 1.29 is 4.79 Å². The standard InChI is InChI=1S/C20H18N4O2S/c1-23(2)14-21-20(26)19-17(27-16-11-7-4-8-12-16)13-18(25)24(22-19)15-9-5-3-6-10-15/h3-14H,1-2H3/b21-14+. The Bertz CT molecular complexity index is 1020. The van der Waals surface area contributed by atoms with Crippen molar-refractivity contribution >= 4 is 24.0 Å². The summed E-state index contributed by atoms with van der Waals surface area (Å²) in [5.74, 6) is -0.508. The Morgan fingerprint density at radius 3 is 2.33 bits per heavy atom. The second-order valence-corrected chi connectivity index (χ2v) is 6.99. The fourth-order valence-corrected chi connectivity index (χ4v) is 3.20. The molecule has 136 valence electrons. The zero-order valence-corrected chi connectivity index (χ0v) is 15.8. The molecule has 6 nitrogen and oxygen atoms in total. The van der Waals surface area contributed by atoms with Gasteiger partial charge in [0.05, 0.1) is 16.9 Å². The minimum absolute atomic E-state index is 0.130. The molecule has 0 aliphatic heterocycles. The van der Waals surface area contributed by atoms with Gasteiger partial charge in [-0.2, -0.15) is 14.8 Å². The van der Waals surface area contributed by atoms with Gasteiger partial charge in [-0.15, -0.1) is 0 Å². The van der Waals surface area contributed by atoms with Crippen molar-refractivity contribution in [2.75, 3.05) is 14.1 Å². The Morgan fingerprint density at radius 2 is 1.70 bits per heavy atom. The van der Waals surface area contributed by atoms with E-state index >= 15 is 0 Å². The molecule has 0 unspecified atom stereocenters. The van der Waals surface area contributed by atoms with Gasteiger partial charge in [0.1, 0.15) is 0 Å². The van der Waals surface area contributed by atoms with E-state index in [-0.39, 0.29) is 11.3 Å². The molecule has 0 saturated heterocycles. The molecule has 0 radical (unpaired) electrons. The lowest BCUT2D eigenvalue weighted by Gasteiger charge is -2.10. The highest BCUT2D eigenvalue weighted by Gasteiger charge is 2.17. The maximum absolute atomic E-state index is 12.6. The number of benzene rings is 2. The van der Waals surface area contributed by atoms with E-state index in [1.165, 1.54) is 28.8 Å². The van der Waals surface area contributed by atoms with Crippen LogP contribution in [-0.4, -0.2) is 41.0 Å². The summed E-state index contributed by atoms with van der Waals surface area (Å²) >= 11 is 1.31. The first kappa shape index (κ1) is 18.6. The number of aromatic nitrogens is 2. The molecule has 7 heteroatoms. The summed E-state index contributed by atoms with van der Waals surface area (Å²) in [6.45, 7) is 0. The van der Waals surface area contributed by atoms with Crippen LogP contribution in [0.2, 0.25) is 0 Å². The first-order valence-corrected chi connectivity index (χ1v) is 9.04. The Kier molecular flexibility index (Phi) is 5.83.